The molecule has 0 fully saturated rings. The number of ether oxygens (including phenoxy) is 1. The fourth-order valence-corrected chi connectivity index (χ4v) is 2.75. The Morgan fingerprint density at radius 1 is 1.12 bits per heavy atom. The number of amides is 1. The Labute approximate surface area is 144 Å². The van der Waals surface area contributed by atoms with E-state index in [-0.39, 0.29) is 5.91 Å². The van der Waals surface area contributed by atoms with Gasteiger partial charge >= 0.3 is 0 Å². The van der Waals surface area contributed by atoms with Crippen molar-refractivity contribution in [1.82, 2.24) is 0 Å². The van der Waals surface area contributed by atoms with Gasteiger partial charge in [-0.3, -0.25) is 4.79 Å². The molecule has 0 aliphatic carbocycles. The van der Waals surface area contributed by atoms with Crippen LogP contribution in [-0.4, -0.2) is 13.0 Å². The molecule has 5 heteroatoms. The lowest BCUT2D eigenvalue weighted by molar-refractivity contribution is 0.102. The van der Waals surface area contributed by atoms with Crippen molar-refractivity contribution in [2.75, 3.05) is 12.4 Å². The van der Waals surface area contributed by atoms with Gasteiger partial charge in [-0.25, -0.2) is 0 Å². The number of fused-ring (bicyclic) bond motifs is 1. The first-order valence-corrected chi connectivity index (χ1v) is 7.58. The molecule has 0 heterocycles. The van der Waals surface area contributed by atoms with Gasteiger partial charge < -0.3 is 10.1 Å². The second-order valence-corrected chi connectivity index (χ2v) is 5.53. The second kappa shape index (κ2) is 6.61. The number of nitrogens with one attached hydrogen (secondary N) is 1. The predicted octanol–water partition coefficient (Wildman–Crippen LogP) is 4.63. The van der Waals surface area contributed by atoms with Crippen molar-refractivity contribution >= 4 is 34.0 Å². The molecule has 0 aromatic heterocycles. The summed E-state index contributed by atoms with van der Waals surface area (Å²) < 4.78 is 5.34. The minimum absolute atomic E-state index is 0.255. The fourth-order valence-electron chi connectivity index (χ4n) is 2.53. The van der Waals surface area contributed by atoms with Gasteiger partial charge in [0.25, 0.3) is 5.91 Å². The molecule has 3 aromatic carbocycles. The highest BCUT2D eigenvalue weighted by atomic mass is 35.5. The Kier molecular flexibility index (Phi) is 4.37. The molecule has 0 bridgehead atoms. The van der Waals surface area contributed by atoms with E-state index in [1.807, 2.05) is 30.3 Å². The number of nitriles is 1. The van der Waals surface area contributed by atoms with E-state index in [9.17, 15) is 4.79 Å². The number of carbonyl (C=O) groups excluding carboxylic acids is 1. The lowest BCUT2D eigenvalue weighted by Gasteiger charge is -2.11. The van der Waals surface area contributed by atoms with E-state index >= 15 is 0 Å². The van der Waals surface area contributed by atoms with Gasteiger partial charge in [0.15, 0.2) is 0 Å². The monoisotopic (exact) mass is 336 g/mol. The first kappa shape index (κ1) is 15.9. The predicted molar refractivity (Wildman–Crippen MR) is 94.6 cm³/mol. The first-order chi connectivity index (χ1) is 11.6. The van der Waals surface area contributed by atoms with Crippen molar-refractivity contribution in [3.63, 3.8) is 0 Å². The van der Waals surface area contributed by atoms with Crippen LogP contribution in [0.1, 0.15) is 15.9 Å². The minimum atomic E-state index is -0.255. The van der Waals surface area contributed by atoms with Crippen LogP contribution < -0.4 is 10.1 Å². The Morgan fingerprint density at radius 3 is 2.54 bits per heavy atom. The molecule has 1 N–H and O–H groups in total. The zero-order chi connectivity index (χ0) is 17.1. The Bertz CT molecular complexity index is 977. The molecule has 0 saturated carbocycles. The molecule has 3 aromatic rings. The van der Waals surface area contributed by atoms with Crippen molar-refractivity contribution in [1.29, 1.82) is 5.26 Å². The maximum Gasteiger partial charge on any atom is 0.256 e. The highest BCUT2D eigenvalue weighted by Crippen LogP contribution is 2.29. The molecule has 0 aliphatic heterocycles. The quantitative estimate of drug-likeness (QED) is 0.758. The third kappa shape index (κ3) is 2.90. The lowest BCUT2D eigenvalue weighted by Crippen LogP contribution is -2.12. The molecule has 1 amide bonds. The molecule has 24 heavy (non-hydrogen) atoms. The summed E-state index contributed by atoms with van der Waals surface area (Å²) in [5, 5.41) is 13.7. The number of halogens is 1. The van der Waals surface area contributed by atoms with E-state index in [2.05, 4.69) is 5.32 Å². The van der Waals surface area contributed by atoms with Gasteiger partial charge in [0.1, 0.15) is 11.8 Å². The molecule has 0 aliphatic rings. The molecule has 0 spiro atoms. The Morgan fingerprint density at radius 2 is 1.88 bits per heavy atom. The molecule has 0 unspecified atom stereocenters. The van der Waals surface area contributed by atoms with Gasteiger partial charge in [-0.2, -0.15) is 5.26 Å². The van der Waals surface area contributed by atoms with Crippen molar-refractivity contribution in [3.8, 4) is 11.8 Å². The smallest absolute Gasteiger partial charge is 0.256 e. The molecule has 4 nitrogen and oxygen atoms in total. The summed E-state index contributed by atoms with van der Waals surface area (Å²) >= 11 is 6.00. The summed E-state index contributed by atoms with van der Waals surface area (Å²) in [6.07, 6.45) is 0. The lowest BCUT2D eigenvalue weighted by atomic mass is 10.0. The van der Waals surface area contributed by atoms with Gasteiger partial charge in [0.05, 0.1) is 17.7 Å². The van der Waals surface area contributed by atoms with Gasteiger partial charge in [-0.1, -0.05) is 35.9 Å². The van der Waals surface area contributed by atoms with E-state index in [1.54, 1.807) is 37.4 Å². The second-order valence-electron chi connectivity index (χ2n) is 5.12. The van der Waals surface area contributed by atoms with Gasteiger partial charge in [-0.15, -0.1) is 0 Å². The van der Waals surface area contributed by atoms with Crippen LogP contribution in [0.25, 0.3) is 10.8 Å². The number of carbonyl (C=O) groups is 1. The molecule has 0 atom stereocenters. The largest absolute Gasteiger partial charge is 0.496 e. The summed E-state index contributed by atoms with van der Waals surface area (Å²) in [7, 11) is 1.60. The van der Waals surface area contributed by atoms with E-state index < -0.39 is 0 Å². The molecular formula is C19H13ClN2O2. The van der Waals surface area contributed by atoms with Crippen LogP contribution in [0.5, 0.6) is 5.75 Å². The highest BCUT2D eigenvalue weighted by Gasteiger charge is 2.13. The Balaban J connectivity index is 1.98. The maximum absolute atomic E-state index is 12.6. The molecule has 0 radical (unpaired) electrons. The highest BCUT2D eigenvalue weighted by molar-refractivity contribution is 6.32. The summed E-state index contributed by atoms with van der Waals surface area (Å²) in [6.45, 7) is 0. The van der Waals surface area contributed by atoms with Crippen molar-refractivity contribution in [2.24, 2.45) is 0 Å². The number of methoxy groups -OCH3 is 1. The van der Waals surface area contributed by atoms with Crippen LogP contribution in [0.3, 0.4) is 0 Å². The zero-order valence-corrected chi connectivity index (χ0v) is 13.6. The van der Waals surface area contributed by atoms with Gasteiger partial charge in [-0.05, 0) is 35.7 Å². The molecule has 0 saturated heterocycles. The molecular weight excluding hydrogens is 324 g/mol. The average Bonchev–Trinajstić information content (AvgIpc) is 2.60. The van der Waals surface area contributed by atoms with Crippen LogP contribution in [0.4, 0.5) is 5.69 Å². The summed E-state index contributed by atoms with van der Waals surface area (Å²) in [4.78, 5) is 12.6. The number of hydrogen-bond donors (Lipinski definition) is 1. The Hall–Kier alpha value is -3.03. The number of benzene rings is 3. The zero-order valence-electron chi connectivity index (χ0n) is 12.8. The number of rotatable bonds is 3. The minimum Gasteiger partial charge on any atom is -0.496 e. The van der Waals surface area contributed by atoms with E-state index in [4.69, 9.17) is 21.6 Å². The normalized spacial score (nSPS) is 10.2. The van der Waals surface area contributed by atoms with Crippen LogP contribution >= 0.6 is 11.6 Å². The van der Waals surface area contributed by atoms with E-state index in [0.29, 0.717) is 27.6 Å². The van der Waals surface area contributed by atoms with Gasteiger partial charge in [0, 0.05) is 16.6 Å². The van der Waals surface area contributed by atoms with Crippen LogP contribution in [0.15, 0.2) is 54.6 Å². The number of nitrogens with zero attached hydrogens (tertiary/aromatic N) is 1. The fraction of sp³-hybridized carbons (Fsp3) is 0.0526. The third-order valence-corrected chi connectivity index (χ3v) is 4.01. The topological polar surface area (TPSA) is 62.1 Å². The van der Waals surface area contributed by atoms with Crippen LogP contribution in [0.2, 0.25) is 5.02 Å². The van der Waals surface area contributed by atoms with Crippen LogP contribution in [-0.2, 0) is 0 Å². The maximum atomic E-state index is 12.6. The first-order valence-electron chi connectivity index (χ1n) is 7.21. The third-order valence-electron chi connectivity index (χ3n) is 3.70. The van der Waals surface area contributed by atoms with Crippen molar-refractivity contribution in [3.05, 3.63) is 70.7 Å². The molecule has 118 valence electrons. The summed E-state index contributed by atoms with van der Waals surface area (Å²) in [5.41, 5.74) is 1.43. The molecule has 3 rings (SSSR count). The standard InChI is InChI=1S/C19H13ClN2O2/c1-24-18-9-8-16(14-4-2-3-5-15(14)18)19(23)22-13-7-6-12(11-21)17(20)10-13/h2-10H,1H3,(H,22,23). The van der Waals surface area contributed by atoms with E-state index in [0.717, 1.165) is 10.8 Å². The summed E-state index contributed by atoms with van der Waals surface area (Å²) in [6, 6.07) is 17.8. The number of hydrogen-bond acceptors (Lipinski definition) is 3. The van der Waals surface area contributed by atoms with Crippen molar-refractivity contribution < 1.29 is 9.53 Å². The number of anilines is 1. The average molecular weight is 337 g/mol. The van der Waals surface area contributed by atoms with E-state index in [1.165, 1.54) is 0 Å². The summed E-state index contributed by atoms with van der Waals surface area (Å²) in [5.74, 6) is 0.457. The van der Waals surface area contributed by atoms with Crippen LogP contribution in [0, 0.1) is 11.3 Å². The SMILES string of the molecule is COc1ccc(C(=O)Nc2ccc(C#N)c(Cl)c2)c2ccccc12. The van der Waals surface area contributed by atoms with Crippen molar-refractivity contribution in [2.45, 2.75) is 0 Å². The van der Waals surface area contributed by atoms with Gasteiger partial charge in [0.2, 0.25) is 0 Å².